The maximum absolute atomic E-state index is 11.2. The van der Waals surface area contributed by atoms with Gasteiger partial charge in [-0.25, -0.2) is 4.98 Å². The summed E-state index contributed by atoms with van der Waals surface area (Å²) in [6.45, 7) is 0.475. The van der Waals surface area contributed by atoms with Gasteiger partial charge in [-0.1, -0.05) is 6.07 Å². The maximum Gasteiger partial charge on any atom is 0.222 e. The number of amides is 1. The molecule has 0 atom stereocenters. The van der Waals surface area contributed by atoms with E-state index in [-0.39, 0.29) is 18.9 Å². The van der Waals surface area contributed by atoms with Crippen LogP contribution in [0.3, 0.4) is 0 Å². The van der Waals surface area contributed by atoms with E-state index in [0.29, 0.717) is 6.54 Å². The molecular weight excluding hydrogens is 230 g/mol. The Kier molecular flexibility index (Phi) is 3.94. The van der Waals surface area contributed by atoms with E-state index in [0.717, 1.165) is 23.0 Å². The summed E-state index contributed by atoms with van der Waals surface area (Å²) in [4.78, 5) is 15.5. The Balaban J connectivity index is 1.94. The fourth-order valence-corrected chi connectivity index (χ4v) is 1.87. The maximum atomic E-state index is 11.2. The van der Waals surface area contributed by atoms with Crippen molar-refractivity contribution in [1.29, 1.82) is 0 Å². The van der Waals surface area contributed by atoms with Crippen LogP contribution in [0.1, 0.15) is 12.0 Å². The predicted octanol–water partition coefficient (Wildman–Crippen LogP) is 0.614. The molecule has 0 aliphatic heterocycles. The molecule has 0 bridgehead atoms. The molecule has 2 rings (SSSR count). The number of hydrogen-bond acceptors (Lipinski definition) is 3. The van der Waals surface area contributed by atoms with Crippen molar-refractivity contribution >= 4 is 16.9 Å². The highest BCUT2D eigenvalue weighted by molar-refractivity contribution is 5.76. The highest BCUT2D eigenvalue weighted by atomic mass is 16.3. The molecule has 0 radical (unpaired) electrons. The van der Waals surface area contributed by atoms with Gasteiger partial charge in [0.05, 0.1) is 24.0 Å². The summed E-state index contributed by atoms with van der Waals surface area (Å²) in [6, 6.07) is 6.11. The zero-order chi connectivity index (χ0) is 13.0. The summed E-state index contributed by atoms with van der Waals surface area (Å²) in [7, 11) is 1.96. The number of hydrogen-bond donors (Lipinski definition) is 2. The molecule has 0 fully saturated rings. The summed E-state index contributed by atoms with van der Waals surface area (Å²) in [5.41, 5.74) is 3.21. The number of carbonyl (C=O) groups is 1. The second-order valence-corrected chi connectivity index (χ2v) is 4.25. The first-order valence-electron chi connectivity index (χ1n) is 5.98. The Hall–Kier alpha value is -1.88. The van der Waals surface area contributed by atoms with Crippen molar-refractivity contribution in [3.8, 4) is 0 Å². The minimum Gasteiger partial charge on any atom is -0.396 e. The van der Waals surface area contributed by atoms with Crippen LogP contribution in [0.15, 0.2) is 24.5 Å². The first-order chi connectivity index (χ1) is 8.70. The number of nitrogens with one attached hydrogen (secondary N) is 1. The highest BCUT2D eigenvalue weighted by Gasteiger charge is 2.02. The van der Waals surface area contributed by atoms with E-state index in [2.05, 4.69) is 10.3 Å². The number of imidazole rings is 1. The molecule has 1 heterocycles. The van der Waals surface area contributed by atoms with E-state index in [9.17, 15) is 4.79 Å². The van der Waals surface area contributed by atoms with Gasteiger partial charge < -0.3 is 15.0 Å². The van der Waals surface area contributed by atoms with Crippen molar-refractivity contribution in [2.75, 3.05) is 13.2 Å². The number of nitrogens with zero attached hydrogens (tertiary/aromatic N) is 2. The Labute approximate surface area is 105 Å². The Morgan fingerprint density at radius 1 is 1.50 bits per heavy atom. The Bertz CT molecular complexity index is 548. The molecule has 1 amide bonds. The standard InChI is InChI=1S/C13H17N3O2/c1-16-9-15-11-8-10(2-3-12(11)16)4-6-14-13(18)5-7-17/h2-3,8-9,17H,4-7H2,1H3,(H,14,18). The molecule has 5 nitrogen and oxygen atoms in total. The van der Waals surface area contributed by atoms with Crippen LogP contribution in [-0.2, 0) is 18.3 Å². The minimum absolute atomic E-state index is 0.105. The summed E-state index contributed by atoms with van der Waals surface area (Å²) < 4.78 is 1.97. The van der Waals surface area contributed by atoms with Gasteiger partial charge in [0, 0.05) is 20.0 Å². The average Bonchev–Trinajstić information content (AvgIpc) is 2.71. The van der Waals surface area contributed by atoms with Crippen molar-refractivity contribution in [3.63, 3.8) is 0 Å². The monoisotopic (exact) mass is 247 g/mol. The van der Waals surface area contributed by atoms with Crippen LogP contribution in [0.2, 0.25) is 0 Å². The first-order valence-corrected chi connectivity index (χ1v) is 5.98. The number of fused-ring (bicyclic) bond motifs is 1. The summed E-state index contributed by atoms with van der Waals surface area (Å²) in [6.07, 6.45) is 2.72. The summed E-state index contributed by atoms with van der Waals surface area (Å²) in [5.74, 6) is -0.114. The second kappa shape index (κ2) is 5.64. The van der Waals surface area contributed by atoms with Gasteiger partial charge in [-0.15, -0.1) is 0 Å². The third kappa shape index (κ3) is 2.87. The predicted molar refractivity (Wildman–Crippen MR) is 69.1 cm³/mol. The molecule has 0 spiro atoms. The van der Waals surface area contributed by atoms with Gasteiger partial charge in [0.1, 0.15) is 0 Å². The van der Waals surface area contributed by atoms with Gasteiger partial charge in [-0.2, -0.15) is 0 Å². The van der Waals surface area contributed by atoms with Crippen LogP contribution in [0.5, 0.6) is 0 Å². The van der Waals surface area contributed by atoms with Crippen molar-refractivity contribution in [2.45, 2.75) is 12.8 Å². The van der Waals surface area contributed by atoms with Gasteiger partial charge in [-0.05, 0) is 24.1 Å². The molecule has 0 aliphatic rings. The van der Waals surface area contributed by atoms with Crippen molar-refractivity contribution in [3.05, 3.63) is 30.1 Å². The largest absolute Gasteiger partial charge is 0.396 e. The summed E-state index contributed by atoms with van der Waals surface area (Å²) >= 11 is 0. The fourth-order valence-electron chi connectivity index (χ4n) is 1.87. The lowest BCUT2D eigenvalue weighted by atomic mass is 10.1. The molecule has 0 unspecified atom stereocenters. The Morgan fingerprint density at radius 3 is 3.11 bits per heavy atom. The summed E-state index contributed by atoms with van der Waals surface area (Å²) in [5, 5.41) is 11.4. The highest BCUT2D eigenvalue weighted by Crippen LogP contribution is 2.13. The molecular formula is C13H17N3O2. The van der Waals surface area contributed by atoms with E-state index in [1.54, 1.807) is 6.33 Å². The number of benzene rings is 1. The number of aliphatic hydroxyl groups is 1. The number of rotatable bonds is 5. The van der Waals surface area contributed by atoms with Crippen LogP contribution in [0.4, 0.5) is 0 Å². The zero-order valence-electron chi connectivity index (χ0n) is 10.4. The van der Waals surface area contributed by atoms with Gasteiger partial charge in [-0.3, -0.25) is 4.79 Å². The average molecular weight is 247 g/mol. The van der Waals surface area contributed by atoms with Crippen LogP contribution in [0.25, 0.3) is 11.0 Å². The first kappa shape index (κ1) is 12.6. The third-order valence-electron chi connectivity index (χ3n) is 2.86. The number of carbonyl (C=O) groups excluding carboxylic acids is 1. The minimum atomic E-state index is -0.114. The molecule has 0 aliphatic carbocycles. The number of aliphatic hydroxyl groups excluding tert-OH is 1. The van der Waals surface area contributed by atoms with Crippen molar-refractivity contribution in [2.24, 2.45) is 7.05 Å². The molecule has 0 saturated heterocycles. The number of aromatic nitrogens is 2. The quantitative estimate of drug-likeness (QED) is 0.813. The van der Waals surface area contributed by atoms with E-state index >= 15 is 0 Å². The van der Waals surface area contributed by atoms with Crippen LogP contribution in [-0.4, -0.2) is 33.7 Å². The molecule has 2 aromatic rings. The smallest absolute Gasteiger partial charge is 0.222 e. The lowest BCUT2D eigenvalue weighted by Gasteiger charge is -2.04. The van der Waals surface area contributed by atoms with Gasteiger partial charge in [0.25, 0.3) is 0 Å². The second-order valence-electron chi connectivity index (χ2n) is 4.25. The Morgan fingerprint density at radius 2 is 2.33 bits per heavy atom. The molecule has 5 heteroatoms. The van der Waals surface area contributed by atoms with Gasteiger partial charge in [0.15, 0.2) is 0 Å². The van der Waals surface area contributed by atoms with E-state index in [1.165, 1.54) is 0 Å². The van der Waals surface area contributed by atoms with Gasteiger partial charge >= 0.3 is 0 Å². The van der Waals surface area contributed by atoms with Crippen LogP contribution < -0.4 is 5.32 Å². The topological polar surface area (TPSA) is 67.2 Å². The lowest BCUT2D eigenvalue weighted by molar-refractivity contribution is -0.121. The molecule has 1 aromatic heterocycles. The molecule has 1 aromatic carbocycles. The number of aryl methyl sites for hydroxylation is 1. The lowest BCUT2D eigenvalue weighted by Crippen LogP contribution is -2.26. The van der Waals surface area contributed by atoms with Crippen LogP contribution >= 0.6 is 0 Å². The van der Waals surface area contributed by atoms with E-state index < -0.39 is 0 Å². The zero-order valence-corrected chi connectivity index (χ0v) is 10.4. The normalized spacial score (nSPS) is 10.8. The third-order valence-corrected chi connectivity index (χ3v) is 2.86. The molecule has 18 heavy (non-hydrogen) atoms. The van der Waals surface area contributed by atoms with Gasteiger partial charge in [0.2, 0.25) is 5.91 Å². The molecule has 2 N–H and O–H groups in total. The van der Waals surface area contributed by atoms with Crippen molar-refractivity contribution in [1.82, 2.24) is 14.9 Å². The molecule has 0 saturated carbocycles. The van der Waals surface area contributed by atoms with E-state index in [1.807, 2.05) is 29.8 Å². The van der Waals surface area contributed by atoms with Crippen molar-refractivity contribution < 1.29 is 9.90 Å². The SMILES string of the molecule is Cn1cnc2cc(CCNC(=O)CCO)ccc21. The fraction of sp³-hybridized carbons (Fsp3) is 0.385. The van der Waals surface area contributed by atoms with E-state index in [4.69, 9.17) is 5.11 Å². The van der Waals surface area contributed by atoms with Crippen LogP contribution in [0, 0.1) is 0 Å². The molecule has 96 valence electrons.